The largest absolute Gasteiger partial charge is 0.497 e. The van der Waals surface area contributed by atoms with Gasteiger partial charge in [0.2, 0.25) is 0 Å². The van der Waals surface area contributed by atoms with Crippen LogP contribution in [0.15, 0.2) is 48.7 Å². The first kappa shape index (κ1) is 18.6. The van der Waals surface area contributed by atoms with Gasteiger partial charge in [0.05, 0.1) is 13.7 Å². The highest BCUT2D eigenvalue weighted by molar-refractivity contribution is 6.08. The summed E-state index contributed by atoms with van der Waals surface area (Å²) in [6, 6.07) is 14.7. The van der Waals surface area contributed by atoms with Crippen molar-refractivity contribution in [2.45, 2.75) is 19.9 Å². The second kappa shape index (κ2) is 7.68. The Morgan fingerprint density at radius 1 is 1.18 bits per heavy atom. The van der Waals surface area contributed by atoms with Crippen LogP contribution in [0, 0.1) is 6.92 Å². The number of aromatic amines is 1. The number of hydrogen-bond acceptors (Lipinski definition) is 4. The Morgan fingerprint density at radius 2 is 1.96 bits per heavy atom. The SMILES string of the molecule is COc1ccc(N2CCN(CC(=O)c3c[nH]c4ccc(C)cc34)C[C@H]2C)cc1. The number of piperazine rings is 1. The van der Waals surface area contributed by atoms with E-state index >= 15 is 0 Å². The molecule has 0 radical (unpaired) electrons. The lowest BCUT2D eigenvalue weighted by molar-refractivity contribution is 0.0919. The van der Waals surface area contributed by atoms with Gasteiger partial charge in [-0.3, -0.25) is 9.69 Å². The lowest BCUT2D eigenvalue weighted by atomic mass is 10.1. The van der Waals surface area contributed by atoms with Crippen LogP contribution in [0.2, 0.25) is 0 Å². The van der Waals surface area contributed by atoms with Crippen molar-refractivity contribution in [3.63, 3.8) is 0 Å². The minimum Gasteiger partial charge on any atom is -0.497 e. The summed E-state index contributed by atoms with van der Waals surface area (Å²) in [4.78, 5) is 20.8. The van der Waals surface area contributed by atoms with Gasteiger partial charge in [-0.25, -0.2) is 0 Å². The van der Waals surface area contributed by atoms with E-state index < -0.39 is 0 Å². The molecule has 1 aromatic heterocycles. The molecular weight excluding hydrogens is 350 g/mol. The van der Waals surface area contributed by atoms with Gasteiger partial charge >= 0.3 is 0 Å². The number of methoxy groups -OCH3 is 1. The van der Waals surface area contributed by atoms with Crippen molar-refractivity contribution in [1.29, 1.82) is 0 Å². The molecule has 1 atom stereocenters. The molecule has 1 fully saturated rings. The number of carbonyl (C=O) groups excluding carboxylic acids is 1. The zero-order valence-electron chi connectivity index (χ0n) is 16.7. The molecule has 2 aromatic carbocycles. The molecule has 28 heavy (non-hydrogen) atoms. The molecule has 1 N–H and O–H groups in total. The summed E-state index contributed by atoms with van der Waals surface area (Å²) in [5.74, 6) is 1.05. The van der Waals surface area contributed by atoms with E-state index in [1.807, 2.05) is 24.4 Å². The maximum atomic E-state index is 12.9. The Morgan fingerprint density at radius 3 is 2.68 bits per heavy atom. The summed E-state index contributed by atoms with van der Waals surface area (Å²) in [7, 11) is 1.68. The van der Waals surface area contributed by atoms with E-state index in [1.54, 1.807) is 7.11 Å². The number of aryl methyl sites for hydroxylation is 1. The first-order valence-corrected chi connectivity index (χ1v) is 9.79. The van der Waals surface area contributed by atoms with E-state index in [-0.39, 0.29) is 5.78 Å². The van der Waals surface area contributed by atoms with Gasteiger partial charge in [0.1, 0.15) is 5.75 Å². The van der Waals surface area contributed by atoms with Crippen LogP contribution < -0.4 is 9.64 Å². The number of nitrogens with one attached hydrogen (secondary N) is 1. The van der Waals surface area contributed by atoms with Crippen LogP contribution in [0.25, 0.3) is 10.9 Å². The molecule has 5 heteroatoms. The average molecular weight is 377 g/mol. The number of anilines is 1. The molecule has 1 saturated heterocycles. The standard InChI is InChI=1S/C23H27N3O2/c1-16-4-9-22-20(12-16)21(13-24-22)23(27)15-25-10-11-26(17(2)14-25)18-5-7-19(28-3)8-6-18/h4-9,12-13,17,24H,10-11,14-15H2,1-3H3/t17-/m1/s1. The number of fused-ring (bicyclic) bond motifs is 1. The Hall–Kier alpha value is -2.79. The summed E-state index contributed by atoms with van der Waals surface area (Å²) in [6.07, 6.45) is 1.85. The van der Waals surface area contributed by atoms with Crippen LogP contribution >= 0.6 is 0 Å². The summed E-state index contributed by atoms with van der Waals surface area (Å²) in [6.45, 7) is 7.40. The molecule has 0 aliphatic carbocycles. The third-order valence-electron chi connectivity index (χ3n) is 5.62. The summed E-state index contributed by atoms with van der Waals surface area (Å²) >= 11 is 0. The second-order valence-electron chi connectivity index (χ2n) is 7.65. The number of ether oxygens (including phenoxy) is 1. The van der Waals surface area contributed by atoms with Crippen molar-refractivity contribution in [3.05, 3.63) is 59.8 Å². The van der Waals surface area contributed by atoms with E-state index in [9.17, 15) is 4.79 Å². The Bertz CT molecular complexity index is 977. The molecule has 146 valence electrons. The summed E-state index contributed by atoms with van der Waals surface area (Å²) in [5.41, 5.74) is 4.19. The van der Waals surface area contributed by atoms with Crippen molar-refractivity contribution in [1.82, 2.24) is 9.88 Å². The third-order valence-corrected chi connectivity index (χ3v) is 5.62. The molecule has 0 unspecified atom stereocenters. The molecule has 4 rings (SSSR count). The minimum absolute atomic E-state index is 0.182. The van der Waals surface area contributed by atoms with Crippen molar-refractivity contribution in [2.75, 3.05) is 38.2 Å². The van der Waals surface area contributed by atoms with Crippen molar-refractivity contribution < 1.29 is 9.53 Å². The number of benzene rings is 2. The van der Waals surface area contributed by atoms with Crippen LogP contribution in [-0.2, 0) is 0 Å². The van der Waals surface area contributed by atoms with E-state index in [2.05, 4.69) is 52.9 Å². The molecular formula is C23H27N3O2. The fraction of sp³-hybridized carbons (Fsp3) is 0.348. The Labute approximate surface area is 165 Å². The van der Waals surface area contributed by atoms with Crippen LogP contribution in [0.1, 0.15) is 22.8 Å². The lowest BCUT2D eigenvalue weighted by Crippen LogP contribution is -2.53. The molecule has 0 spiro atoms. The van der Waals surface area contributed by atoms with E-state index in [1.165, 1.54) is 11.3 Å². The van der Waals surface area contributed by atoms with E-state index in [4.69, 9.17) is 4.74 Å². The van der Waals surface area contributed by atoms with Gasteiger partial charge in [0, 0.05) is 54.0 Å². The van der Waals surface area contributed by atoms with Crippen LogP contribution in [0.3, 0.4) is 0 Å². The highest BCUT2D eigenvalue weighted by Crippen LogP contribution is 2.24. The number of ketones is 1. The van der Waals surface area contributed by atoms with Crippen LogP contribution in [-0.4, -0.2) is 55.0 Å². The van der Waals surface area contributed by atoms with Crippen LogP contribution in [0.4, 0.5) is 5.69 Å². The molecule has 3 aromatic rings. The number of Topliss-reactive ketones (excluding diaryl/α,β-unsaturated/α-hetero) is 1. The van der Waals surface area contributed by atoms with Gasteiger partial charge in [0.25, 0.3) is 0 Å². The number of aromatic nitrogens is 1. The fourth-order valence-corrected chi connectivity index (χ4v) is 4.09. The molecule has 0 bridgehead atoms. The first-order valence-electron chi connectivity index (χ1n) is 9.79. The van der Waals surface area contributed by atoms with Crippen molar-refractivity contribution >= 4 is 22.4 Å². The van der Waals surface area contributed by atoms with Gasteiger partial charge in [-0.2, -0.15) is 0 Å². The maximum absolute atomic E-state index is 12.9. The predicted molar refractivity (Wildman–Crippen MR) is 114 cm³/mol. The minimum atomic E-state index is 0.182. The smallest absolute Gasteiger partial charge is 0.178 e. The molecule has 5 nitrogen and oxygen atoms in total. The molecule has 1 aliphatic rings. The molecule has 0 saturated carbocycles. The second-order valence-corrected chi connectivity index (χ2v) is 7.65. The predicted octanol–water partition coefficient (Wildman–Crippen LogP) is 3.88. The average Bonchev–Trinajstić information content (AvgIpc) is 3.11. The van der Waals surface area contributed by atoms with Crippen molar-refractivity contribution in [2.24, 2.45) is 0 Å². The lowest BCUT2D eigenvalue weighted by Gasteiger charge is -2.41. The molecule has 2 heterocycles. The van der Waals surface area contributed by atoms with Gasteiger partial charge in [0.15, 0.2) is 5.78 Å². The highest BCUT2D eigenvalue weighted by Gasteiger charge is 2.26. The monoisotopic (exact) mass is 377 g/mol. The third kappa shape index (κ3) is 3.62. The van der Waals surface area contributed by atoms with Crippen molar-refractivity contribution in [3.8, 4) is 5.75 Å². The molecule has 0 amide bonds. The normalized spacial score (nSPS) is 17.8. The zero-order valence-corrected chi connectivity index (χ0v) is 16.7. The Kier molecular flexibility index (Phi) is 5.09. The zero-order chi connectivity index (χ0) is 19.7. The summed E-state index contributed by atoms with van der Waals surface area (Å²) < 4.78 is 5.25. The van der Waals surface area contributed by atoms with Gasteiger partial charge in [-0.1, -0.05) is 11.6 Å². The number of rotatable bonds is 5. The number of carbonyl (C=O) groups is 1. The summed E-state index contributed by atoms with van der Waals surface area (Å²) in [5, 5.41) is 1.02. The van der Waals surface area contributed by atoms with Crippen LogP contribution in [0.5, 0.6) is 5.75 Å². The Balaban J connectivity index is 1.42. The number of H-pyrrole nitrogens is 1. The van der Waals surface area contributed by atoms with Gasteiger partial charge in [-0.15, -0.1) is 0 Å². The molecule has 1 aliphatic heterocycles. The quantitative estimate of drug-likeness (QED) is 0.686. The first-order chi connectivity index (χ1) is 13.5. The van der Waals surface area contributed by atoms with E-state index in [0.717, 1.165) is 41.9 Å². The van der Waals surface area contributed by atoms with E-state index in [0.29, 0.717) is 12.6 Å². The maximum Gasteiger partial charge on any atom is 0.178 e. The number of hydrogen-bond donors (Lipinski definition) is 1. The fourth-order valence-electron chi connectivity index (χ4n) is 4.09. The topological polar surface area (TPSA) is 48.6 Å². The van der Waals surface area contributed by atoms with Gasteiger partial charge < -0.3 is 14.6 Å². The van der Waals surface area contributed by atoms with Gasteiger partial charge in [-0.05, 0) is 50.2 Å². The highest BCUT2D eigenvalue weighted by atomic mass is 16.5. The number of nitrogens with zero attached hydrogens (tertiary/aromatic N) is 2.